The molecule has 1 heterocycles. The Hall–Kier alpha value is 0.399. The van der Waals surface area contributed by atoms with Crippen LogP contribution in [0.5, 0.6) is 0 Å². The molecule has 0 aromatic heterocycles. The fraction of sp³-hybridized carbons (Fsp3) is 1.00. The molecule has 0 radical (unpaired) electrons. The third-order valence-corrected chi connectivity index (χ3v) is 2.91. The number of hydrogen-bond acceptors (Lipinski definition) is 3. The first-order chi connectivity index (χ1) is 4.41. The molecule has 0 aliphatic carbocycles. The molecule has 3 nitrogen and oxygen atoms in total. The number of hydrazine groups is 1. The van der Waals surface area contributed by atoms with Gasteiger partial charge >= 0.3 is 44.0 Å². The first-order valence-electron chi connectivity index (χ1n) is 3.07. The van der Waals surface area contributed by atoms with E-state index < -0.39 is 0 Å². The summed E-state index contributed by atoms with van der Waals surface area (Å²) in [5.74, 6) is 4.60. The van der Waals surface area contributed by atoms with E-state index in [0.717, 1.165) is 15.0 Å². The molecular weight excluding hydrogens is 181 g/mol. The molecule has 0 atom stereocenters. The van der Waals surface area contributed by atoms with Crippen molar-refractivity contribution in [2.24, 2.45) is 5.84 Å². The molecule has 1 fully saturated rings. The van der Waals surface area contributed by atoms with Gasteiger partial charge in [-0.25, -0.2) is 0 Å². The Balaban J connectivity index is 0.000000187. The van der Waals surface area contributed by atoms with Crippen molar-refractivity contribution in [2.45, 2.75) is 10.6 Å². The molecule has 1 saturated heterocycles. The van der Waals surface area contributed by atoms with Crippen LogP contribution in [0.1, 0.15) is 0 Å². The predicted octanol–water partition coefficient (Wildman–Crippen LogP) is -0.790. The van der Waals surface area contributed by atoms with Gasteiger partial charge in [0.2, 0.25) is 0 Å². The van der Waals surface area contributed by atoms with Crippen molar-refractivity contribution in [2.75, 3.05) is 20.1 Å². The van der Waals surface area contributed by atoms with Crippen LogP contribution in [0.3, 0.4) is 0 Å². The Labute approximate surface area is 62.9 Å². The van der Waals surface area contributed by atoms with Gasteiger partial charge in [-0.05, 0) is 7.05 Å². The van der Waals surface area contributed by atoms with Gasteiger partial charge in [-0.1, -0.05) is 0 Å². The van der Waals surface area contributed by atoms with Crippen molar-refractivity contribution in [3.8, 4) is 0 Å². The molecule has 0 saturated carbocycles. The second-order valence-electron chi connectivity index (χ2n) is 1.65. The van der Waals surface area contributed by atoms with Crippen LogP contribution in [0, 0.1) is 0 Å². The van der Waals surface area contributed by atoms with Gasteiger partial charge in [0.1, 0.15) is 0 Å². The van der Waals surface area contributed by atoms with Crippen molar-refractivity contribution >= 4 is 15.0 Å². The average Bonchev–Trinajstić information content (AvgIpc) is 1.93. The Kier molecular flexibility index (Phi) is 8.77. The summed E-state index contributed by atoms with van der Waals surface area (Å²) in [5, 5.41) is 6.20. The molecule has 1 aliphatic heterocycles. The van der Waals surface area contributed by atoms with Crippen molar-refractivity contribution in [1.29, 1.82) is 0 Å². The fourth-order valence-corrected chi connectivity index (χ4v) is 2.16. The van der Waals surface area contributed by atoms with Crippen LogP contribution in [-0.4, -0.2) is 35.1 Å². The van der Waals surface area contributed by atoms with Crippen molar-refractivity contribution in [3.63, 3.8) is 0 Å². The second-order valence-corrected chi connectivity index (χ2v) is 4.22. The maximum absolute atomic E-state index is 4.60. The molecule has 4 heteroatoms. The maximum Gasteiger partial charge on any atom is -0.00172 e. The van der Waals surface area contributed by atoms with Gasteiger partial charge in [-0.2, -0.15) is 0 Å². The molecule has 9 heavy (non-hydrogen) atoms. The molecule has 0 aromatic carbocycles. The van der Waals surface area contributed by atoms with Gasteiger partial charge in [0.15, 0.2) is 0 Å². The van der Waals surface area contributed by atoms with Crippen LogP contribution in [0.25, 0.3) is 0 Å². The van der Waals surface area contributed by atoms with Crippen LogP contribution in [0.15, 0.2) is 0 Å². The smallest absolute Gasteiger partial charge is 0.00172 e. The summed E-state index contributed by atoms with van der Waals surface area (Å²) >= 11 is 0.991. The van der Waals surface area contributed by atoms with Crippen LogP contribution in [0.4, 0.5) is 0 Å². The second kappa shape index (κ2) is 8.40. The number of hydrogen-bond donors (Lipinski definition) is 3. The van der Waals surface area contributed by atoms with Crippen LogP contribution >= 0.6 is 0 Å². The molecule has 4 N–H and O–H groups in total. The van der Waals surface area contributed by atoms with Gasteiger partial charge in [0.25, 0.3) is 0 Å². The monoisotopic (exact) mass is 197 g/mol. The van der Waals surface area contributed by atoms with E-state index in [-0.39, 0.29) is 0 Å². The fourth-order valence-electron chi connectivity index (χ4n) is 0.516. The summed E-state index contributed by atoms with van der Waals surface area (Å²) in [6.07, 6.45) is 0. The van der Waals surface area contributed by atoms with Gasteiger partial charge in [-0.15, -0.1) is 0 Å². The standard InChI is InChI=1S/C4H9NSe.CH6N2/c1-3-6-4-2-5-1;1-3-2/h5H,1-4H2;3H,2H2,1H3. The van der Waals surface area contributed by atoms with Gasteiger partial charge in [0.05, 0.1) is 0 Å². The van der Waals surface area contributed by atoms with E-state index in [1.54, 1.807) is 7.05 Å². The zero-order valence-corrected chi connectivity index (χ0v) is 7.53. The summed E-state index contributed by atoms with van der Waals surface area (Å²) in [5.41, 5.74) is 2.25. The Bertz CT molecular complexity index is 36.0. The molecular formula is C5H15N3Se. The zero-order valence-electron chi connectivity index (χ0n) is 5.81. The Morgan fingerprint density at radius 3 is 2.00 bits per heavy atom. The third kappa shape index (κ3) is 8.40. The van der Waals surface area contributed by atoms with Crippen LogP contribution < -0.4 is 16.6 Å². The summed E-state index contributed by atoms with van der Waals surface area (Å²) < 4.78 is 0. The summed E-state index contributed by atoms with van der Waals surface area (Å²) in [6.45, 7) is 2.56. The normalized spacial score (nSPS) is 18.0. The van der Waals surface area contributed by atoms with Crippen LogP contribution in [0.2, 0.25) is 10.6 Å². The SMILES string of the molecule is C1C[Se]CCN1.CNN. The minimum absolute atomic E-state index is 0.991. The van der Waals surface area contributed by atoms with Gasteiger partial charge in [-0.3, -0.25) is 11.3 Å². The van der Waals surface area contributed by atoms with E-state index in [2.05, 4.69) is 16.6 Å². The van der Waals surface area contributed by atoms with Crippen molar-refractivity contribution in [1.82, 2.24) is 10.7 Å². The average molecular weight is 196 g/mol. The molecule has 1 aliphatic rings. The van der Waals surface area contributed by atoms with Crippen LogP contribution in [-0.2, 0) is 0 Å². The number of rotatable bonds is 0. The largest absolute Gasteiger partial charge is 0.272 e. The molecule has 0 aromatic rings. The predicted molar refractivity (Wildman–Crippen MR) is 41.5 cm³/mol. The Morgan fingerprint density at radius 2 is 1.89 bits per heavy atom. The maximum atomic E-state index is 4.60. The first-order valence-corrected chi connectivity index (χ1v) is 5.50. The minimum Gasteiger partial charge on any atom is -0.272 e. The van der Waals surface area contributed by atoms with E-state index >= 15 is 0 Å². The van der Waals surface area contributed by atoms with E-state index in [9.17, 15) is 0 Å². The summed E-state index contributed by atoms with van der Waals surface area (Å²) in [7, 11) is 1.65. The van der Waals surface area contributed by atoms with E-state index in [0.29, 0.717) is 0 Å². The molecule has 56 valence electrons. The molecule has 1 rings (SSSR count). The van der Waals surface area contributed by atoms with E-state index in [4.69, 9.17) is 0 Å². The number of nitrogens with one attached hydrogen (secondary N) is 2. The van der Waals surface area contributed by atoms with Gasteiger partial charge in [0, 0.05) is 0 Å². The van der Waals surface area contributed by atoms with E-state index in [1.807, 2.05) is 0 Å². The van der Waals surface area contributed by atoms with Crippen molar-refractivity contribution in [3.05, 3.63) is 0 Å². The summed E-state index contributed by atoms with van der Waals surface area (Å²) in [4.78, 5) is 0. The molecule has 0 bridgehead atoms. The zero-order chi connectivity index (χ0) is 6.95. The van der Waals surface area contributed by atoms with Crippen molar-refractivity contribution < 1.29 is 0 Å². The number of nitrogens with two attached hydrogens (primary N) is 1. The molecule has 0 amide bonds. The third-order valence-electron chi connectivity index (χ3n) is 0.846. The molecule has 0 spiro atoms. The summed E-state index contributed by atoms with van der Waals surface area (Å²) in [6, 6.07) is 0. The topological polar surface area (TPSA) is 50.1 Å². The first kappa shape index (κ1) is 9.40. The molecule has 0 unspecified atom stereocenters. The minimum atomic E-state index is 0.991. The quantitative estimate of drug-likeness (QED) is 0.270. The van der Waals surface area contributed by atoms with E-state index in [1.165, 1.54) is 23.7 Å². The Morgan fingerprint density at radius 1 is 1.44 bits per heavy atom. The van der Waals surface area contributed by atoms with Gasteiger partial charge < -0.3 is 0 Å².